The van der Waals surface area contributed by atoms with Crippen LogP contribution in [-0.2, 0) is 0 Å². The number of aliphatic hydroxyl groups is 2. The van der Waals surface area contributed by atoms with Crippen LogP contribution in [0.2, 0.25) is 0 Å². The van der Waals surface area contributed by atoms with Crippen LogP contribution in [-0.4, -0.2) is 21.9 Å². The summed E-state index contributed by atoms with van der Waals surface area (Å²) in [7, 11) is 0. The molecule has 0 saturated heterocycles. The maximum absolute atomic E-state index is 10.3. The van der Waals surface area contributed by atoms with Crippen molar-refractivity contribution in [1.82, 2.24) is 0 Å². The van der Waals surface area contributed by atoms with Crippen molar-refractivity contribution in [3.63, 3.8) is 0 Å². The number of aliphatic hydroxyl groups excluding tert-OH is 1. The van der Waals surface area contributed by atoms with Crippen molar-refractivity contribution in [2.24, 2.45) is 46.3 Å². The monoisotopic (exact) mass is 404 g/mol. The summed E-state index contributed by atoms with van der Waals surface area (Å²) < 4.78 is 0. The van der Waals surface area contributed by atoms with Crippen molar-refractivity contribution in [1.29, 1.82) is 0 Å². The zero-order valence-electron chi connectivity index (χ0n) is 19.9. The first kappa shape index (κ1) is 22.1. The van der Waals surface area contributed by atoms with Crippen molar-refractivity contribution in [2.45, 2.75) is 123 Å². The van der Waals surface area contributed by atoms with E-state index >= 15 is 0 Å². The molecule has 0 aromatic carbocycles. The van der Waals surface area contributed by atoms with Crippen LogP contribution >= 0.6 is 0 Å². The Labute approximate surface area is 180 Å². The van der Waals surface area contributed by atoms with Gasteiger partial charge in [-0.05, 0) is 124 Å². The Morgan fingerprint density at radius 3 is 2.34 bits per heavy atom. The maximum Gasteiger partial charge on any atom is 0.0591 e. The van der Waals surface area contributed by atoms with Crippen molar-refractivity contribution < 1.29 is 10.2 Å². The third-order valence-corrected chi connectivity index (χ3v) is 10.8. The summed E-state index contributed by atoms with van der Waals surface area (Å²) in [6.07, 6.45) is 15.3. The summed E-state index contributed by atoms with van der Waals surface area (Å²) in [6, 6.07) is 0. The molecule has 2 N–H and O–H groups in total. The average Bonchev–Trinajstić information content (AvgIpc) is 2.98. The average molecular weight is 405 g/mol. The topological polar surface area (TPSA) is 40.5 Å². The highest BCUT2D eigenvalue weighted by molar-refractivity contribution is 5.09. The molecule has 29 heavy (non-hydrogen) atoms. The minimum Gasteiger partial charge on any atom is -0.393 e. The molecule has 0 amide bonds. The van der Waals surface area contributed by atoms with Crippen molar-refractivity contribution >= 4 is 0 Å². The summed E-state index contributed by atoms with van der Waals surface area (Å²) in [4.78, 5) is 0. The van der Waals surface area contributed by atoms with Gasteiger partial charge in [-0.2, -0.15) is 0 Å². The molecule has 4 fully saturated rings. The first-order chi connectivity index (χ1) is 13.5. The van der Waals surface area contributed by atoms with Crippen LogP contribution in [0.3, 0.4) is 0 Å². The second-order valence-corrected chi connectivity index (χ2v) is 13.0. The Hall–Kier alpha value is -0.0800. The molecule has 4 aliphatic carbocycles. The molecule has 2 unspecified atom stereocenters. The molecule has 0 aromatic heterocycles. The fraction of sp³-hybridized carbons (Fsp3) is 1.00. The predicted octanol–water partition coefficient (Wildman–Crippen LogP) is 6.58. The molecule has 0 aliphatic heterocycles. The highest BCUT2D eigenvalue weighted by Gasteiger charge is 2.60. The van der Waals surface area contributed by atoms with E-state index in [0.717, 1.165) is 61.2 Å². The van der Waals surface area contributed by atoms with Gasteiger partial charge in [-0.25, -0.2) is 0 Å². The Bertz CT molecular complexity index is 580. The van der Waals surface area contributed by atoms with E-state index < -0.39 is 5.60 Å². The minimum atomic E-state index is -0.512. The van der Waals surface area contributed by atoms with Crippen molar-refractivity contribution in [2.75, 3.05) is 0 Å². The molecule has 2 heteroatoms. The summed E-state index contributed by atoms with van der Waals surface area (Å²) in [5, 5.41) is 20.3. The fourth-order valence-corrected chi connectivity index (χ4v) is 9.27. The summed E-state index contributed by atoms with van der Waals surface area (Å²) in [5.41, 5.74) is 0.536. The van der Waals surface area contributed by atoms with E-state index in [1.54, 1.807) is 0 Å². The minimum absolute atomic E-state index is 0.0286. The lowest BCUT2D eigenvalue weighted by Crippen LogP contribution is -2.54. The Balaban J connectivity index is 1.44. The van der Waals surface area contributed by atoms with Crippen LogP contribution in [0, 0.1) is 46.3 Å². The number of hydrogen-bond donors (Lipinski definition) is 2. The van der Waals surface area contributed by atoms with Gasteiger partial charge in [0.25, 0.3) is 0 Å². The smallest absolute Gasteiger partial charge is 0.0591 e. The molecule has 9 atom stereocenters. The molecule has 4 rings (SSSR count). The molecular weight excluding hydrogens is 356 g/mol. The Morgan fingerprint density at radius 2 is 1.62 bits per heavy atom. The van der Waals surface area contributed by atoms with Gasteiger partial charge in [0, 0.05) is 0 Å². The number of rotatable bonds is 5. The standard InChI is InChI=1S/C27H48O2/c1-18(7-6-14-25(2,3)29)22-10-11-23-21-9-8-19-17-20(28)12-15-26(19,4)24(21)13-16-27(22,23)5/h18-24,28-29H,6-17H2,1-5H3/t18-,19?,20?,21+,22-,23+,24+,26+,27-/m1/s1. The zero-order chi connectivity index (χ0) is 21.0. The zero-order valence-corrected chi connectivity index (χ0v) is 19.9. The van der Waals surface area contributed by atoms with E-state index in [2.05, 4.69) is 20.8 Å². The quantitative estimate of drug-likeness (QED) is 0.543. The fourth-order valence-electron chi connectivity index (χ4n) is 9.27. The summed E-state index contributed by atoms with van der Waals surface area (Å²) in [5.74, 6) is 5.24. The molecule has 4 saturated carbocycles. The van der Waals surface area contributed by atoms with Gasteiger partial charge in [-0.1, -0.05) is 33.6 Å². The lowest BCUT2D eigenvalue weighted by molar-refractivity contribution is -0.129. The van der Waals surface area contributed by atoms with Crippen LogP contribution in [0.25, 0.3) is 0 Å². The van der Waals surface area contributed by atoms with Crippen LogP contribution in [0.5, 0.6) is 0 Å². The van der Waals surface area contributed by atoms with Crippen LogP contribution in [0.1, 0.15) is 112 Å². The van der Waals surface area contributed by atoms with E-state index in [1.807, 2.05) is 13.8 Å². The van der Waals surface area contributed by atoms with Crippen LogP contribution in [0.4, 0.5) is 0 Å². The van der Waals surface area contributed by atoms with Gasteiger partial charge in [0.2, 0.25) is 0 Å². The van der Waals surface area contributed by atoms with Gasteiger partial charge in [0.1, 0.15) is 0 Å². The molecule has 2 nitrogen and oxygen atoms in total. The third kappa shape index (κ3) is 3.95. The third-order valence-electron chi connectivity index (χ3n) is 10.8. The Kier molecular flexibility index (Phi) is 5.95. The molecule has 0 heterocycles. The molecule has 0 spiro atoms. The lowest BCUT2D eigenvalue weighted by Gasteiger charge is -2.61. The highest BCUT2D eigenvalue weighted by atomic mass is 16.3. The van der Waals surface area contributed by atoms with E-state index in [1.165, 1.54) is 51.4 Å². The second kappa shape index (κ2) is 7.80. The SMILES string of the molecule is C[C@H](CCCC(C)(C)O)[C@H]1CC[C@H]2[C@@H]3CCC4CC(O)CC[C@]4(C)[C@H]3CC[C@]12C. The molecule has 0 aromatic rings. The van der Waals surface area contributed by atoms with E-state index in [9.17, 15) is 10.2 Å². The lowest BCUT2D eigenvalue weighted by atomic mass is 9.44. The first-order valence-corrected chi connectivity index (χ1v) is 12.9. The summed E-state index contributed by atoms with van der Waals surface area (Å²) >= 11 is 0. The van der Waals surface area contributed by atoms with Gasteiger partial charge in [0.15, 0.2) is 0 Å². The van der Waals surface area contributed by atoms with Crippen molar-refractivity contribution in [3.05, 3.63) is 0 Å². The molecule has 0 radical (unpaired) electrons. The Morgan fingerprint density at radius 1 is 0.931 bits per heavy atom. The van der Waals surface area contributed by atoms with E-state index in [-0.39, 0.29) is 6.10 Å². The largest absolute Gasteiger partial charge is 0.393 e. The van der Waals surface area contributed by atoms with Crippen LogP contribution in [0.15, 0.2) is 0 Å². The van der Waals surface area contributed by atoms with Gasteiger partial charge >= 0.3 is 0 Å². The summed E-state index contributed by atoms with van der Waals surface area (Å²) in [6.45, 7) is 11.7. The van der Waals surface area contributed by atoms with Gasteiger partial charge in [-0.3, -0.25) is 0 Å². The maximum atomic E-state index is 10.3. The van der Waals surface area contributed by atoms with Gasteiger partial charge in [0.05, 0.1) is 11.7 Å². The normalized spacial score (nSPS) is 48.5. The second-order valence-electron chi connectivity index (χ2n) is 13.0. The molecule has 168 valence electrons. The van der Waals surface area contributed by atoms with E-state index in [0.29, 0.717) is 10.8 Å². The van der Waals surface area contributed by atoms with Crippen LogP contribution < -0.4 is 0 Å². The van der Waals surface area contributed by atoms with Crippen molar-refractivity contribution in [3.8, 4) is 0 Å². The van der Waals surface area contributed by atoms with E-state index in [4.69, 9.17) is 0 Å². The molecular formula is C27H48O2. The molecule has 0 bridgehead atoms. The van der Waals surface area contributed by atoms with Gasteiger partial charge in [-0.15, -0.1) is 0 Å². The highest BCUT2D eigenvalue weighted by Crippen LogP contribution is 2.68. The van der Waals surface area contributed by atoms with Gasteiger partial charge < -0.3 is 10.2 Å². The predicted molar refractivity (Wildman–Crippen MR) is 121 cm³/mol. The molecule has 4 aliphatic rings. The number of fused-ring (bicyclic) bond motifs is 5. The first-order valence-electron chi connectivity index (χ1n) is 12.9. The number of hydrogen-bond acceptors (Lipinski definition) is 2.